The highest BCUT2D eigenvalue weighted by Crippen LogP contribution is 2.21. The second kappa shape index (κ2) is 6.01. The van der Waals surface area contributed by atoms with E-state index in [4.69, 9.17) is 10.5 Å². The number of ether oxygens (including phenoxy) is 1. The van der Waals surface area contributed by atoms with Gasteiger partial charge in [-0.15, -0.1) is 0 Å². The normalized spacial score (nSPS) is 27.0. The number of nitrogens with zero attached hydrogens (tertiary/aromatic N) is 5. The molecule has 0 bridgehead atoms. The number of nitrogens with two attached hydrogens (primary N) is 1. The van der Waals surface area contributed by atoms with Crippen molar-refractivity contribution in [1.29, 1.82) is 0 Å². The molecule has 2 unspecified atom stereocenters. The molecule has 0 amide bonds. The van der Waals surface area contributed by atoms with Gasteiger partial charge in [0.15, 0.2) is 0 Å². The number of aromatic nitrogens is 3. The summed E-state index contributed by atoms with van der Waals surface area (Å²) in [7, 11) is 0. The molecular formula is C14H24N6O. The maximum Gasteiger partial charge on any atom is 0.232 e. The van der Waals surface area contributed by atoms with Crippen molar-refractivity contribution in [2.75, 3.05) is 41.7 Å². The maximum atomic E-state index is 5.90. The summed E-state index contributed by atoms with van der Waals surface area (Å²) < 4.78 is 5.76. The van der Waals surface area contributed by atoms with E-state index in [1.54, 1.807) is 0 Å². The Bertz CT molecular complexity index is 480. The van der Waals surface area contributed by atoms with Crippen molar-refractivity contribution in [2.45, 2.75) is 45.3 Å². The van der Waals surface area contributed by atoms with Gasteiger partial charge in [-0.3, -0.25) is 0 Å². The van der Waals surface area contributed by atoms with Gasteiger partial charge >= 0.3 is 0 Å². The Hall–Kier alpha value is -1.63. The summed E-state index contributed by atoms with van der Waals surface area (Å²) in [6, 6.07) is 0. The highest BCUT2D eigenvalue weighted by molar-refractivity contribution is 5.44. The average Bonchev–Trinajstić information content (AvgIpc) is 2.46. The number of rotatable bonds is 2. The lowest BCUT2D eigenvalue weighted by Gasteiger charge is -2.35. The molecule has 1 aromatic rings. The van der Waals surface area contributed by atoms with Crippen LogP contribution in [0.15, 0.2) is 0 Å². The zero-order chi connectivity index (χ0) is 14.8. The number of hydrogen-bond acceptors (Lipinski definition) is 7. The van der Waals surface area contributed by atoms with Crippen molar-refractivity contribution in [3.8, 4) is 0 Å². The Morgan fingerprint density at radius 2 is 1.48 bits per heavy atom. The van der Waals surface area contributed by atoms with Crippen LogP contribution >= 0.6 is 0 Å². The monoisotopic (exact) mass is 292 g/mol. The van der Waals surface area contributed by atoms with E-state index in [1.807, 2.05) is 0 Å². The van der Waals surface area contributed by atoms with E-state index in [1.165, 1.54) is 19.3 Å². The van der Waals surface area contributed by atoms with Crippen LogP contribution in [0.3, 0.4) is 0 Å². The van der Waals surface area contributed by atoms with Crippen LogP contribution in [0.4, 0.5) is 17.8 Å². The molecule has 2 fully saturated rings. The third-order valence-electron chi connectivity index (χ3n) is 3.97. The van der Waals surface area contributed by atoms with E-state index in [2.05, 4.69) is 38.6 Å². The predicted octanol–water partition coefficient (Wildman–Crippen LogP) is 1.06. The maximum absolute atomic E-state index is 5.90. The van der Waals surface area contributed by atoms with Crippen molar-refractivity contribution in [2.24, 2.45) is 0 Å². The first-order valence-electron chi connectivity index (χ1n) is 7.79. The molecule has 3 heterocycles. The van der Waals surface area contributed by atoms with Crippen LogP contribution < -0.4 is 15.5 Å². The Morgan fingerprint density at radius 1 is 0.905 bits per heavy atom. The third-order valence-corrected chi connectivity index (χ3v) is 3.97. The van der Waals surface area contributed by atoms with Crippen LogP contribution in [0.2, 0.25) is 0 Å². The summed E-state index contributed by atoms with van der Waals surface area (Å²) in [6.07, 6.45) is 4.00. The van der Waals surface area contributed by atoms with Gasteiger partial charge in [0.25, 0.3) is 0 Å². The van der Waals surface area contributed by atoms with Gasteiger partial charge in [0, 0.05) is 26.2 Å². The Kier molecular flexibility index (Phi) is 4.10. The lowest BCUT2D eigenvalue weighted by atomic mass is 10.1. The molecule has 7 heteroatoms. The smallest absolute Gasteiger partial charge is 0.232 e. The van der Waals surface area contributed by atoms with Gasteiger partial charge in [-0.05, 0) is 33.1 Å². The summed E-state index contributed by atoms with van der Waals surface area (Å²) in [5.41, 5.74) is 5.90. The fraction of sp³-hybridized carbons (Fsp3) is 0.786. The average molecular weight is 292 g/mol. The summed E-state index contributed by atoms with van der Waals surface area (Å²) in [5.74, 6) is 1.68. The Balaban J connectivity index is 1.83. The minimum absolute atomic E-state index is 0.171. The molecule has 116 valence electrons. The van der Waals surface area contributed by atoms with E-state index in [0.29, 0.717) is 17.8 Å². The van der Waals surface area contributed by atoms with Gasteiger partial charge in [0.1, 0.15) is 0 Å². The number of nitrogen functional groups attached to an aromatic ring is 1. The standard InChI is InChI=1S/C14H24N6O/c1-10-8-20(9-11(2)21-10)14-17-12(15)16-13(18-14)19-6-4-3-5-7-19/h10-11H,3-9H2,1-2H3,(H2,15,16,17,18). The lowest BCUT2D eigenvalue weighted by molar-refractivity contribution is -0.00572. The van der Waals surface area contributed by atoms with Crippen LogP contribution in [-0.4, -0.2) is 53.3 Å². The first-order chi connectivity index (χ1) is 10.1. The zero-order valence-corrected chi connectivity index (χ0v) is 12.8. The van der Waals surface area contributed by atoms with Crippen LogP contribution in [0.25, 0.3) is 0 Å². The van der Waals surface area contributed by atoms with E-state index in [-0.39, 0.29) is 12.2 Å². The summed E-state index contributed by atoms with van der Waals surface area (Å²) in [6.45, 7) is 7.70. The topological polar surface area (TPSA) is 80.4 Å². The molecule has 0 radical (unpaired) electrons. The minimum Gasteiger partial charge on any atom is -0.372 e. The van der Waals surface area contributed by atoms with Crippen LogP contribution in [-0.2, 0) is 4.74 Å². The molecule has 2 atom stereocenters. The summed E-state index contributed by atoms with van der Waals surface area (Å²) in [5, 5.41) is 0. The van der Waals surface area contributed by atoms with Crippen molar-refractivity contribution in [3.63, 3.8) is 0 Å². The number of anilines is 3. The molecule has 3 rings (SSSR count). The number of piperidine rings is 1. The van der Waals surface area contributed by atoms with Crippen LogP contribution in [0.1, 0.15) is 33.1 Å². The van der Waals surface area contributed by atoms with Crippen molar-refractivity contribution < 1.29 is 4.74 Å². The molecule has 2 aliphatic rings. The van der Waals surface area contributed by atoms with E-state index in [9.17, 15) is 0 Å². The quantitative estimate of drug-likeness (QED) is 0.872. The summed E-state index contributed by atoms with van der Waals surface area (Å²) >= 11 is 0. The van der Waals surface area contributed by atoms with E-state index >= 15 is 0 Å². The highest BCUT2D eigenvalue weighted by Gasteiger charge is 2.25. The molecular weight excluding hydrogens is 268 g/mol. The number of hydrogen-bond donors (Lipinski definition) is 1. The summed E-state index contributed by atoms with van der Waals surface area (Å²) in [4.78, 5) is 17.6. The second-order valence-electron chi connectivity index (χ2n) is 6.00. The van der Waals surface area contributed by atoms with Crippen LogP contribution in [0, 0.1) is 0 Å². The second-order valence-corrected chi connectivity index (χ2v) is 6.00. The highest BCUT2D eigenvalue weighted by atomic mass is 16.5. The molecule has 0 aliphatic carbocycles. The molecule has 21 heavy (non-hydrogen) atoms. The van der Waals surface area contributed by atoms with Crippen molar-refractivity contribution in [3.05, 3.63) is 0 Å². The van der Waals surface area contributed by atoms with Crippen molar-refractivity contribution >= 4 is 17.8 Å². The first kappa shape index (κ1) is 14.3. The largest absolute Gasteiger partial charge is 0.372 e. The Morgan fingerprint density at radius 3 is 2.10 bits per heavy atom. The molecule has 2 N–H and O–H groups in total. The SMILES string of the molecule is CC1CN(c2nc(N)nc(N3CCCCC3)n2)CC(C)O1. The third kappa shape index (κ3) is 3.34. The Labute approximate surface area is 125 Å². The van der Waals surface area contributed by atoms with Gasteiger partial charge in [0.2, 0.25) is 17.8 Å². The minimum atomic E-state index is 0.171. The molecule has 0 saturated carbocycles. The van der Waals surface area contributed by atoms with Gasteiger partial charge in [-0.2, -0.15) is 15.0 Å². The fourth-order valence-corrected chi connectivity index (χ4v) is 3.09. The van der Waals surface area contributed by atoms with Gasteiger partial charge in [0.05, 0.1) is 12.2 Å². The molecule has 2 aliphatic heterocycles. The number of morpholine rings is 1. The zero-order valence-electron chi connectivity index (χ0n) is 12.8. The first-order valence-corrected chi connectivity index (χ1v) is 7.79. The fourth-order valence-electron chi connectivity index (χ4n) is 3.09. The van der Waals surface area contributed by atoms with Gasteiger partial charge in [-0.25, -0.2) is 0 Å². The molecule has 2 saturated heterocycles. The van der Waals surface area contributed by atoms with Gasteiger partial charge in [-0.1, -0.05) is 0 Å². The lowest BCUT2D eigenvalue weighted by Crippen LogP contribution is -2.46. The molecule has 1 aromatic heterocycles. The van der Waals surface area contributed by atoms with Gasteiger partial charge < -0.3 is 20.3 Å². The molecule has 7 nitrogen and oxygen atoms in total. The molecule has 0 aromatic carbocycles. The molecule has 0 spiro atoms. The van der Waals surface area contributed by atoms with E-state index < -0.39 is 0 Å². The van der Waals surface area contributed by atoms with Crippen molar-refractivity contribution in [1.82, 2.24) is 15.0 Å². The van der Waals surface area contributed by atoms with E-state index in [0.717, 1.165) is 26.2 Å². The predicted molar refractivity (Wildman–Crippen MR) is 82.5 cm³/mol. The van der Waals surface area contributed by atoms with Crippen LogP contribution in [0.5, 0.6) is 0 Å².